The van der Waals surface area contributed by atoms with Gasteiger partial charge < -0.3 is 9.74 Å². The maximum Gasteiger partial charge on any atom is 0.435 e. The summed E-state index contributed by atoms with van der Waals surface area (Å²) in [6.07, 6.45) is -2.37. The van der Waals surface area contributed by atoms with E-state index >= 15 is 0 Å². The van der Waals surface area contributed by atoms with Crippen LogP contribution in [0.4, 0.5) is 18.9 Å². The molecule has 0 aromatic heterocycles. The fourth-order valence-electron chi connectivity index (χ4n) is 3.88. The van der Waals surface area contributed by atoms with Crippen molar-refractivity contribution in [2.24, 2.45) is 5.16 Å². The summed E-state index contributed by atoms with van der Waals surface area (Å²) in [7, 11) is 1.59. The van der Waals surface area contributed by atoms with Gasteiger partial charge in [0, 0.05) is 39.1 Å². The molecule has 0 aliphatic carbocycles. The van der Waals surface area contributed by atoms with Crippen LogP contribution in [-0.4, -0.2) is 24.8 Å². The molecule has 0 saturated heterocycles. The fourth-order valence-corrected chi connectivity index (χ4v) is 4.91. The van der Waals surface area contributed by atoms with Crippen molar-refractivity contribution in [3.63, 3.8) is 0 Å². The summed E-state index contributed by atoms with van der Waals surface area (Å²) in [5.41, 5.74) is -0.941. The van der Waals surface area contributed by atoms with Gasteiger partial charge in [0.2, 0.25) is 0 Å². The third kappa shape index (κ3) is 5.58. The van der Waals surface area contributed by atoms with Crippen molar-refractivity contribution in [2.45, 2.75) is 18.2 Å². The normalized spacial score (nSPS) is 17.2. The number of nitriles is 1. The predicted molar refractivity (Wildman–Crippen MR) is 144 cm³/mol. The van der Waals surface area contributed by atoms with E-state index in [1.807, 2.05) is 6.07 Å². The largest absolute Gasteiger partial charge is 0.435 e. The minimum Gasteiger partial charge on any atom is -0.374 e. The zero-order valence-electron chi connectivity index (χ0n) is 19.6. The molecule has 3 aromatic rings. The maximum absolute atomic E-state index is 14.2. The quantitative estimate of drug-likeness (QED) is 0.288. The molecule has 0 bridgehead atoms. The Hall–Kier alpha value is -3.32. The number of amides is 1. The van der Waals surface area contributed by atoms with Crippen LogP contribution in [-0.2, 0) is 10.4 Å². The Bertz CT molecular complexity index is 1480. The number of allylic oxidation sites excluding steroid dienone is 1. The second-order valence-electron chi connectivity index (χ2n) is 8.43. The van der Waals surface area contributed by atoms with Crippen LogP contribution in [0.25, 0.3) is 6.08 Å². The zero-order chi connectivity index (χ0) is 27.7. The zero-order valence-corrected chi connectivity index (χ0v) is 22.7. The third-order valence-corrected chi connectivity index (χ3v) is 7.01. The SMILES string of the molecule is CN(C(=O)c1ccc(C#N)cc1)c1cc(/C=C/C2=NOC(c3cc(Cl)cc(Cl)c3)(C(F)(F)F)C2)ccc1Br. The Morgan fingerprint density at radius 1 is 1.11 bits per heavy atom. The predicted octanol–water partition coefficient (Wildman–Crippen LogP) is 8.15. The molecule has 4 rings (SSSR count). The van der Waals surface area contributed by atoms with Gasteiger partial charge in [-0.1, -0.05) is 40.5 Å². The minimum absolute atomic E-state index is 0.0470. The lowest BCUT2D eigenvalue weighted by molar-refractivity contribution is -0.275. The van der Waals surface area contributed by atoms with Gasteiger partial charge in [0.15, 0.2) is 0 Å². The van der Waals surface area contributed by atoms with Gasteiger partial charge in [0.05, 0.1) is 23.0 Å². The van der Waals surface area contributed by atoms with E-state index in [0.29, 0.717) is 26.9 Å². The average molecular weight is 623 g/mol. The first kappa shape index (κ1) is 27.7. The van der Waals surface area contributed by atoms with Crippen LogP contribution in [0.3, 0.4) is 0 Å². The summed E-state index contributed by atoms with van der Waals surface area (Å²) < 4.78 is 43.2. The minimum atomic E-state index is -4.79. The molecule has 1 atom stereocenters. The van der Waals surface area contributed by atoms with Crippen LogP contribution in [0.15, 0.2) is 76.4 Å². The van der Waals surface area contributed by atoms with Gasteiger partial charge in [0.1, 0.15) is 0 Å². The lowest BCUT2D eigenvalue weighted by Gasteiger charge is -2.29. The van der Waals surface area contributed by atoms with Crippen molar-refractivity contribution in [3.05, 3.63) is 104 Å². The average Bonchev–Trinajstić information content (AvgIpc) is 3.33. The van der Waals surface area contributed by atoms with Crippen molar-refractivity contribution in [1.82, 2.24) is 0 Å². The number of benzene rings is 3. The number of anilines is 1. The van der Waals surface area contributed by atoms with Crippen molar-refractivity contribution in [2.75, 3.05) is 11.9 Å². The number of alkyl halides is 3. The lowest BCUT2D eigenvalue weighted by atomic mass is 9.88. The van der Waals surface area contributed by atoms with E-state index in [0.717, 1.165) is 12.1 Å². The maximum atomic E-state index is 14.2. The molecule has 0 spiro atoms. The molecule has 0 radical (unpaired) electrons. The molecule has 38 heavy (non-hydrogen) atoms. The van der Waals surface area contributed by atoms with E-state index in [9.17, 15) is 18.0 Å². The second-order valence-corrected chi connectivity index (χ2v) is 10.2. The smallest absolute Gasteiger partial charge is 0.374 e. The standard InChI is InChI=1S/C27H17BrCl2F3N3O2/c1-36(25(37)18-6-2-17(15-34)3-7-18)24-10-16(5-9-23(24)28)4-8-22-14-26(38-35-22,27(31,32)33)19-11-20(29)13-21(30)12-19/h2-13H,14H2,1H3/b8-4+. The molecule has 194 valence electrons. The number of hydrogen-bond acceptors (Lipinski definition) is 4. The number of hydrogen-bond donors (Lipinski definition) is 0. The summed E-state index contributed by atoms with van der Waals surface area (Å²) >= 11 is 15.3. The molecule has 5 nitrogen and oxygen atoms in total. The third-order valence-electron chi connectivity index (χ3n) is 5.90. The van der Waals surface area contributed by atoms with Crippen molar-refractivity contribution in [1.29, 1.82) is 5.26 Å². The molecule has 1 unspecified atom stereocenters. The fraction of sp³-hybridized carbons (Fsp3) is 0.148. The van der Waals surface area contributed by atoms with Gasteiger partial charge in [-0.05, 0) is 82.2 Å². The van der Waals surface area contributed by atoms with Crippen molar-refractivity contribution in [3.8, 4) is 6.07 Å². The highest BCUT2D eigenvalue weighted by Gasteiger charge is 2.62. The van der Waals surface area contributed by atoms with Crippen LogP contribution in [0.5, 0.6) is 0 Å². The molecule has 3 aromatic carbocycles. The van der Waals surface area contributed by atoms with E-state index in [4.69, 9.17) is 33.3 Å². The summed E-state index contributed by atoms with van der Waals surface area (Å²) in [5.74, 6) is -0.306. The summed E-state index contributed by atoms with van der Waals surface area (Å²) in [4.78, 5) is 19.4. The van der Waals surface area contributed by atoms with Gasteiger partial charge in [-0.15, -0.1) is 0 Å². The lowest BCUT2D eigenvalue weighted by Crippen LogP contribution is -2.42. The molecular formula is C27H17BrCl2F3N3O2. The molecular weight excluding hydrogens is 606 g/mol. The van der Waals surface area contributed by atoms with Crippen LogP contribution in [0.2, 0.25) is 10.0 Å². The monoisotopic (exact) mass is 621 g/mol. The van der Waals surface area contributed by atoms with Gasteiger partial charge in [-0.25, -0.2) is 0 Å². The molecule has 1 aliphatic rings. The van der Waals surface area contributed by atoms with Crippen LogP contribution in [0, 0.1) is 11.3 Å². The Morgan fingerprint density at radius 2 is 1.76 bits per heavy atom. The highest BCUT2D eigenvalue weighted by molar-refractivity contribution is 9.10. The van der Waals surface area contributed by atoms with E-state index < -0.39 is 18.2 Å². The first-order valence-electron chi connectivity index (χ1n) is 11.0. The number of oxime groups is 1. The highest BCUT2D eigenvalue weighted by atomic mass is 79.9. The number of rotatable bonds is 5. The van der Waals surface area contributed by atoms with E-state index in [-0.39, 0.29) is 27.2 Å². The molecule has 1 aliphatic heterocycles. The second kappa shape index (κ2) is 10.8. The Kier molecular flexibility index (Phi) is 7.88. The summed E-state index contributed by atoms with van der Waals surface area (Å²) in [5, 5.41) is 12.7. The molecule has 1 amide bonds. The number of nitrogens with zero attached hydrogens (tertiary/aromatic N) is 3. The summed E-state index contributed by atoms with van der Waals surface area (Å²) in [6, 6.07) is 17.0. The molecule has 0 fully saturated rings. The van der Waals surface area contributed by atoms with Crippen molar-refractivity contribution >= 4 is 62.5 Å². The molecule has 0 saturated carbocycles. The Balaban J connectivity index is 1.56. The van der Waals surface area contributed by atoms with Crippen LogP contribution >= 0.6 is 39.1 Å². The number of halogens is 6. The van der Waals surface area contributed by atoms with Crippen molar-refractivity contribution < 1.29 is 22.8 Å². The van der Waals surface area contributed by atoms with E-state index in [1.54, 1.807) is 55.6 Å². The van der Waals surface area contributed by atoms with Gasteiger partial charge >= 0.3 is 6.18 Å². The molecule has 1 heterocycles. The van der Waals surface area contributed by atoms with Crippen LogP contribution < -0.4 is 4.90 Å². The molecule has 11 heteroatoms. The topological polar surface area (TPSA) is 65.7 Å². The number of carbonyl (C=O) groups excluding carboxylic acids is 1. The van der Waals surface area contributed by atoms with Gasteiger partial charge in [-0.3, -0.25) is 4.79 Å². The van der Waals surface area contributed by atoms with E-state index in [1.165, 1.54) is 17.0 Å². The van der Waals surface area contributed by atoms with E-state index in [2.05, 4.69) is 21.1 Å². The summed E-state index contributed by atoms with van der Waals surface area (Å²) in [6.45, 7) is 0. The van der Waals surface area contributed by atoms with Gasteiger partial charge in [0.25, 0.3) is 11.5 Å². The number of carbonyl (C=O) groups is 1. The Morgan fingerprint density at radius 3 is 2.37 bits per heavy atom. The van der Waals surface area contributed by atoms with Gasteiger partial charge in [-0.2, -0.15) is 18.4 Å². The highest BCUT2D eigenvalue weighted by Crippen LogP contribution is 2.49. The first-order chi connectivity index (χ1) is 17.9. The Labute approximate surface area is 234 Å². The molecule has 0 N–H and O–H groups in total. The first-order valence-corrected chi connectivity index (χ1v) is 12.5. The van der Waals surface area contributed by atoms with Crippen LogP contribution in [0.1, 0.15) is 33.5 Å².